The third-order valence-corrected chi connectivity index (χ3v) is 3.22. The van der Waals surface area contributed by atoms with Crippen LogP contribution < -0.4 is 4.74 Å². The van der Waals surface area contributed by atoms with Crippen molar-refractivity contribution < 1.29 is 14.3 Å². The third kappa shape index (κ3) is 3.95. The van der Waals surface area contributed by atoms with Gasteiger partial charge in [0.2, 0.25) is 0 Å². The molecule has 0 aliphatic heterocycles. The maximum Gasteiger partial charge on any atom is 0.338 e. The van der Waals surface area contributed by atoms with Gasteiger partial charge in [-0.3, -0.25) is 4.98 Å². The maximum absolute atomic E-state index is 12.0. The Balaban J connectivity index is 1.70. The molecule has 0 fully saturated rings. The van der Waals surface area contributed by atoms with Gasteiger partial charge in [-0.2, -0.15) is 0 Å². The van der Waals surface area contributed by atoms with Crippen molar-refractivity contribution in [3.8, 4) is 11.5 Å². The van der Waals surface area contributed by atoms with Crippen LogP contribution in [0.5, 0.6) is 11.5 Å². The summed E-state index contributed by atoms with van der Waals surface area (Å²) in [4.78, 5) is 15.9. The van der Waals surface area contributed by atoms with Gasteiger partial charge in [-0.25, -0.2) is 4.79 Å². The molecule has 0 amide bonds. The van der Waals surface area contributed by atoms with Crippen molar-refractivity contribution in [2.75, 3.05) is 0 Å². The summed E-state index contributed by atoms with van der Waals surface area (Å²) in [5.41, 5.74) is 1.28. The molecule has 0 radical (unpaired) electrons. The van der Waals surface area contributed by atoms with Crippen LogP contribution in [-0.2, 0) is 11.3 Å². The van der Waals surface area contributed by atoms with E-state index in [9.17, 15) is 4.79 Å². The zero-order chi connectivity index (χ0) is 15.9. The predicted molar refractivity (Wildman–Crippen MR) is 86.3 cm³/mol. The molecule has 2 aromatic carbocycles. The molecule has 0 saturated heterocycles. The lowest BCUT2D eigenvalue weighted by Crippen LogP contribution is -2.05. The van der Waals surface area contributed by atoms with E-state index in [-0.39, 0.29) is 12.6 Å². The summed E-state index contributed by atoms with van der Waals surface area (Å²) < 4.78 is 11.2. The van der Waals surface area contributed by atoms with E-state index in [0.717, 1.165) is 11.3 Å². The molecule has 0 atom stereocenters. The van der Waals surface area contributed by atoms with Gasteiger partial charge in [-0.15, -0.1) is 0 Å². The van der Waals surface area contributed by atoms with Crippen LogP contribution >= 0.6 is 0 Å². The minimum absolute atomic E-state index is 0.143. The Bertz CT molecular complexity index is 773. The second-order valence-corrected chi connectivity index (χ2v) is 4.83. The van der Waals surface area contributed by atoms with Crippen molar-refractivity contribution in [3.05, 3.63) is 90.3 Å². The van der Waals surface area contributed by atoms with Gasteiger partial charge in [-0.05, 0) is 30.3 Å². The molecule has 0 saturated carbocycles. The van der Waals surface area contributed by atoms with Crippen LogP contribution in [0.25, 0.3) is 0 Å². The van der Waals surface area contributed by atoms with E-state index < -0.39 is 0 Å². The number of benzene rings is 2. The zero-order valence-electron chi connectivity index (χ0n) is 12.4. The van der Waals surface area contributed by atoms with Gasteiger partial charge in [0, 0.05) is 18.0 Å². The third-order valence-electron chi connectivity index (χ3n) is 3.22. The number of rotatable bonds is 5. The highest BCUT2D eigenvalue weighted by Gasteiger charge is 2.10. The molecule has 3 aromatic rings. The average Bonchev–Trinajstić information content (AvgIpc) is 2.62. The molecule has 114 valence electrons. The normalized spacial score (nSPS) is 10.1. The molecule has 0 unspecified atom stereocenters. The number of pyridine rings is 1. The van der Waals surface area contributed by atoms with Gasteiger partial charge in [0.05, 0.1) is 5.56 Å². The monoisotopic (exact) mass is 305 g/mol. The molecule has 23 heavy (non-hydrogen) atoms. The SMILES string of the molecule is O=C(OCc1ccccc1Oc1ccccc1)c1ccncc1. The molecule has 0 spiro atoms. The predicted octanol–water partition coefficient (Wildman–Crippen LogP) is 4.23. The first-order valence-corrected chi connectivity index (χ1v) is 7.21. The van der Waals surface area contributed by atoms with Crippen LogP contribution in [0.15, 0.2) is 79.1 Å². The second-order valence-electron chi connectivity index (χ2n) is 4.83. The van der Waals surface area contributed by atoms with Crippen molar-refractivity contribution in [2.24, 2.45) is 0 Å². The molecule has 1 aromatic heterocycles. The highest BCUT2D eigenvalue weighted by Crippen LogP contribution is 2.25. The van der Waals surface area contributed by atoms with E-state index in [1.54, 1.807) is 24.5 Å². The van der Waals surface area contributed by atoms with Crippen molar-refractivity contribution >= 4 is 5.97 Å². The fraction of sp³-hybridized carbons (Fsp3) is 0.0526. The Labute approximate surface area is 134 Å². The molecule has 0 aliphatic carbocycles. The molecule has 0 N–H and O–H groups in total. The number of hydrogen-bond acceptors (Lipinski definition) is 4. The summed E-state index contributed by atoms with van der Waals surface area (Å²) in [6.07, 6.45) is 3.12. The van der Waals surface area contributed by atoms with E-state index >= 15 is 0 Å². The van der Waals surface area contributed by atoms with Crippen LogP contribution in [0, 0.1) is 0 Å². The van der Waals surface area contributed by atoms with Crippen molar-refractivity contribution in [1.29, 1.82) is 0 Å². The van der Waals surface area contributed by atoms with Gasteiger partial charge in [0.1, 0.15) is 18.1 Å². The maximum atomic E-state index is 12.0. The number of esters is 1. The Morgan fingerprint density at radius 3 is 2.35 bits per heavy atom. The quantitative estimate of drug-likeness (QED) is 0.662. The number of hydrogen-bond donors (Lipinski definition) is 0. The van der Waals surface area contributed by atoms with E-state index in [0.29, 0.717) is 11.3 Å². The molecule has 0 bridgehead atoms. The molecule has 3 rings (SSSR count). The smallest absolute Gasteiger partial charge is 0.338 e. The van der Waals surface area contributed by atoms with Gasteiger partial charge in [-0.1, -0.05) is 36.4 Å². The van der Waals surface area contributed by atoms with E-state index in [4.69, 9.17) is 9.47 Å². The first-order chi connectivity index (χ1) is 11.3. The number of aromatic nitrogens is 1. The first-order valence-electron chi connectivity index (χ1n) is 7.21. The highest BCUT2D eigenvalue weighted by atomic mass is 16.5. The van der Waals surface area contributed by atoms with Crippen molar-refractivity contribution in [2.45, 2.75) is 6.61 Å². The topological polar surface area (TPSA) is 48.4 Å². The largest absolute Gasteiger partial charge is 0.457 e. The minimum Gasteiger partial charge on any atom is -0.457 e. The molecule has 1 heterocycles. The number of carbonyl (C=O) groups excluding carboxylic acids is 1. The fourth-order valence-corrected chi connectivity index (χ4v) is 2.05. The molecule has 4 heteroatoms. The van der Waals surface area contributed by atoms with Crippen LogP contribution in [0.1, 0.15) is 15.9 Å². The fourth-order valence-electron chi connectivity index (χ4n) is 2.05. The summed E-state index contributed by atoms with van der Waals surface area (Å²) in [7, 11) is 0. The Hall–Kier alpha value is -3.14. The van der Waals surface area contributed by atoms with E-state index in [2.05, 4.69) is 4.98 Å². The second kappa shape index (κ2) is 7.22. The summed E-state index contributed by atoms with van der Waals surface area (Å²) in [5, 5.41) is 0. The Morgan fingerprint density at radius 1 is 0.870 bits per heavy atom. The molecule has 4 nitrogen and oxygen atoms in total. The van der Waals surface area contributed by atoms with Crippen LogP contribution in [0.3, 0.4) is 0 Å². The summed E-state index contributed by atoms with van der Waals surface area (Å²) >= 11 is 0. The molecular weight excluding hydrogens is 290 g/mol. The summed E-state index contributed by atoms with van der Waals surface area (Å²) in [6.45, 7) is 0.143. The number of ether oxygens (including phenoxy) is 2. The highest BCUT2D eigenvalue weighted by molar-refractivity contribution is 5.89. The summed E-state index contributed by atoms with van der Waals surface area (Å²) in [5.74, 6) is 1.02. The lowest BCUT2D eigenvalue weighted by atomic mass is 10.2. The minimum atomic E-state index is -0.387. The van der Waals surface area contributed by atoms with Crippen LogP contribution in [-0.4, -0.2) is 11.0 Å². The first kappa shape index (κ1) is 14.8. The van der Waals surface area contributed by atoms with Gasteiger partial charge >= 0.3 is 5.97 Å². The van der Waals surface area contributed by atoms with E-state index in [1.165, 1.54) is 0 Å². The van der Waals surface area contributed by atoms with Gasteiger partial charge < -0.3 is 9.47 Å². The number of para-hydroxylation sites is 2. The van der Waals surface area contributed by atoms with Gasteiger partial charge in [0.15, 0.2) is 0 Å². The lowest BCUT2D eigenvalue weighted by molar-refractivity contribution is 0.0470. The van der Waals surface area contributed by atoms with Crippen molar-refractivity contribution in [3.63, 3.8) is 0 Å². The average molecular weight is 305 g/mol. The summed E-state index contributed by atoms with van der Waals surface area (Å²) in [6, 6.07) is 20.2. The lowest BCUT2D eigenvalue weighted by Gasteiger charge is -2.11. The van der Waals surface area contributed by atoms with Gasteiger partial charge in [0.25, 0.3) is 0 Å². The zero-order valence-corrected chi connectivity index (χ0v) is 12.4. The number of nitrogens with zero attached hydrogens (tertiary/aromatic N) is 1. The number of carbonyl (C=O) groups is 1. The van der Waals surface area contributed by atoms with Crippen LogP contribution in [0.4, 0.5) is 0 Å². The Morgan fingerprint density at radius 2 is 1.57 bits per heavy atom. The Kier molecular flexibility index (Phi) is 4.64. The van der Waals surface area contributed by atoms with Crippen molar-refractivity contribution in [1.82, 2.24) is 4.98 Å². The molecule has 0 aliphatic rings. The molecular formula is C19H15NO3. The van der Waals surface area contributed by atoms with Crippen LogP contribution in [0.2, 0.25) is 0 Å². The van der Waals surface area contributed by atoms with E-state index in [1.807, 2.05) is 54.6 Å². The standard InChI is InChI=1S/C19H15NO3/c21-19(15-10-12-20-13-11-15)22-14-16-6-4-5-9-18(16)23-17-7-2-1-3-8-17/h1-13H,14H2.